The third-order valence-electron chi connectivity index (χ3n) is 4.67. The van der Waals surface area contributed by atoms with Crippen molar-refractivity contribution >= 4 is 11.7 Å². The zero-order valence-electron chi connectivity index (χ0n) is 15.1. The highest BCUT2D eigenvalue weighted by Crippen LogP contribution is 2.25. The number of rotatable bonds is 5. The van der Waals surface area contributed by atoms with Gasteiger partial charge in [-0.25, -0.2) is 15.0 Å². The van der Waals surface area contributed by atoms with E-state index in [9.17, 15) is 4.79 Å². The standard InChI is InChI=1S/C17H24N6O2/c1-11-12(2)20-15(17(24)18-7-13-9-25-10-19-13)21-16(11)23-6-5-14(8-23)22(3)4/h9-10,14H,5-8H2,1-4H3,(H,18,24)/t14-/m1/s1. The molecular weight excluding hydrogens is 320 g/mol. The third kappa shape index (κ3) is 3.79. The average molecular weight is 344 g/mol. The Kier molecular flexibility index (Phi) is 4.98. The lowest BCUT2D eigenvalue weighted by Gasteiger charge is -2.23. The van der Waals surface area contributed by atoms with E-state index in [1.54, 1.807) is 0 Å². The molecule has 8 nitrogen and oxygen atoms in total. The molecule has 2 aromatic rings. The number of nitrogens with one attached hydrogen (secondary N) is 1. The predicted octanol–water partition coefficient (Wildman–Crippen LogP) is 1.15. The van der Waals surface area contributed by atoms with E-state index in [-0.39, 0.29) is 18.3 Å². The van der Waals surface area contributed by atoms with Gasteiger partial charge in [-0.1, -0.05) is 0 Å². The van der Waals surface area contributed by atoms with Crippen LogP contribution in [-0.4, -0.2) is 59.0 Å². The second-order valence-electron chi connectivity index (χ2n) is 6.60. The number of aryl methyl sites for hydroxylation is 1. The fourth-order valence-corrected chi connectivity index (χ4v) is 2.95. The van der Waals surface area contributed by atoms with E-state index in [1.165, 1.54) is 12.7 Å². The molecule has 1 atom stereocenters. The minimum atomic E-state index is -0.310. The molecule has 0 saturated carbocycles. The van der Waals surface area contributed by atoms with Crippen LogP contribution >= 0.6 is 0 Å². The van der Waals surface area contributed by atoms with Gasteiger partial charge in [0, 0.05) is 30.4 Å². The molecule has 1 aliphatic heterocycles. The van der Waals surface area contributed by atoms with Crippen molar-refractivity contribution in [1.82, 2.24) is 25.2 Å². The number of hydrogen-bond donors (Lipinski definition) is 1. The Balaban J connectivity index is 1.77. The first-order valence-corrected chi connectivity index (χ1v) is 8.37. The van der Waals surface area contributed by atoms with Crippen molar-refractivity contribution < 1.29 is 9.21 Å². The van der Waals surface area contributed by atoms with Crippen LogP contribution in [0.3, 0.4) is 0 Å². The fraction of sp³-hybridized carbons (Fsp3) is 0.529. The second-order valence-corrected chi connectivity index (χ2v) is 6.60. The number of amides is 1. The maximum atomic E-state index is 12.4. The molecule has 0 radical (unpaired) electrons. The van der Waals surface area contributed by atoms with Crippen molar-refractivity contribution in [2.45, 2.75) is 32.9 Å². The van der Waals surface area contributed by atoms with E-state index in [0.717, 1.165) is 36.6 Å². The summed E-state index contributed by atoms with van der Waals surface area (Å²) in [6.45, 7) is 6.04. The molecular formula is C17H24N6O2. The largest absolute Gasteiger partial charge is 0.451 e. The van der Waals surface area contributed by atoms with Gasteiger partial charge < -0.3 is 19.5 Å². The van der Waals surface area contributed by atoms with E-state index in [0.29, 0.717) is 11.7 Å². The fourth-order valence-electron chi connectivity index (χ4n) is 2.95. The molecule has 0 aromatic carbocycles. The van der Waals surface area contributed by atoms with Crippen LogP contribution in [0.2, 0.25) is 0 Å². The normalized spacial score (nSPS) is 17.3. The molecule has 25 heavy (non-hydrogen) atoms. The number of carbonyl (C=O) groups is 1. The highest BCUT2D eigenvalue weighted by molar-refractivity contribution is 5.90. The number of carbonyl (C=O) groups excluding carboxylic acids is 1. The van der Waals surface area contributed by atoms with Gasteiger partial charge in [-0.05, 0) is 34.4 Å². The topological polar surface area (TPSA) is 87.4 Å². The molecule has 3 rings (SSSR count). The zero-order chi connectivity index (χ0) is 18.0. The minimum absolute atomic E-state index is 0.190. The van der Waals surface area contributed by atoms with Gasteiger partial charge in [0.2, 0.25) is 5.82 Å². The van der Waals surface area contributed by atoms with Crippen LogP contribution in [0.5, 0.6) is 0 Å². The van der Waals surface area contributed by atoms with Crippen molar-refractivity contribution in [3.05, 3.63) is 35.4 Å². The Labute approximate surface area is 147 Å². The van der Waals surface area contributed by atoms with Gasteiger partial charge in [0.15, 0.2) is 6.39 Å². The molecule has 2 aromatic heterocycles. The number of nitrogens with zero attached hydrogens (tertiary/aromatic N) is 5. The summed E-state index contributed by atoms with van der Waals surface area (Å²) in [6.07, 6.45) is 3.92. The van der Waals surface area contributed by atoms with Crippen LogP contribution in [0, 0.1) is 13.8 Å². The summed E-state index contributed by atoms with van der Waals surface area (Å²) in [6, 6.07) is 0.499. The van der Waals surface area contributed by atoms with Gasteiger partial charge in [-0.3, -0.25) is 4.79 Å². The van der Waals surface area contributed by atoms with Gasteiger partial charge in [-0.2, -0.15) is 0 Å². The summed E-state index contributed by atoms with van der Waals surface area (Å²) in [5.74, 6) is 0.731. The van der Waals surface area contributed by atoms with Gasteiger partial charge in [-0.15, -0.1) is 0 Å². The monoisotopic (exact) mass is 344 g/mol. The molecule has 1 amide bonds. The Bertz CT molecular complexity index is 744. The number of aromatic nitrogens is 3. The predicted molar refractivity (Wildman–Crippen MR) is 93.5 cm³/mol. The van der Waals surface area contributed by atoms with Crippen LogP contribution in [0.25, 0.3) is 0 Å². The first-order chi connectivity index (χ1) is 12.0. The molecule has 0 unspecified atom stereocenters. The average Bonchev–Trinajstić information content (AvgIpc) is 3.26. The summed E-state index contributed by atoms with van der Waals surface area (Å²) >= 11 is 0. The molecule has 134 valence electrons. The smallest absolute Gasteiger partial charge is 0.289 e. The van der Waals surface area contributed by atoms with Gasteiger partial charge >= 0.3 is 0 Å². The maximum absolute atomic E-state index is 12.4. The lowest BCUT2D eigenvalue weighted by molar-refractivity contribution is 0.0939. The van der Waals surface area contributed by atoms with Crippen LogP contribution in [0.15, 0.2) is 17.1 Å². The Morgan fingerprint density at radius 1 is 1.40 bits per heavy atom. The highest BCUT2D eigenvalue weighted by Gasteiger charge is 2.27. The van der Waals surface area contributed by atoms with E-state index < -0.39 is 0 Å². The Morgan fingerprint density at radius 2 is 2.20 bits per heavy atom. The van der Waals surface area contributed by atoms with Crippen LogP contribution in [0.1, 0.15) is 34.0 Å². The number of anilines is 1. The summed E-state index contributed by atoms with van der Waals surface area (Å²) in [5.41, 5.74) is 2.50. The first kappa shape index (κ1) is 17.3. The molecule has 0 spiro atoms. The van der Waals surface area contributed by atoms with E-state index >= 15 is 0 Å². The SMILES string of the molecule is Cc1nc(C(=O)NCc2cocn2)nc(N2CC[C@@H](N(C)C)C2)c1C. The van der Waals surface area contributed by atoms with E-state index in [4.69, 9.17) is 4.42 Å². The Morgan fingerprint density at radius 3 is 2.84 bits per heavy atom. The third-order valence-corrected chi connectivity index (χ3v) is 4.67. The molecule has 8 heteroatoms. The van der Waals surface area contributed by atoms with Crippen LogP contribution in [-0.2, 0) is 6.54 Å². The quantitative estimate of drug-likeness (QED) is 0.870. The van der Waals surface area contributed by atoms with Gasteiger partial charge in [0.05, 0.1) is 12.2 Å². The van der Waals surface area contributed by atoms with Crippen molar-refractivity contribution in [3.63, 3.8) is 0 Å². The molecule has 1 N–H and O–H groups in total. The Hall–Kier alpha value is -2.48. The summed E-state index contributed by atoms with van der Waals surface area (Å²) in [5, 5.41) is 2.78. The maximum Gasteiger partial charge on any atom is 0.289 e. The summed E-state index contributed by atoms with van der Waals surface area (Å²) in [4.78, 5) is 29.8. The van der Waals surface area contributed by atoms with E-state index in [2.05, 4.69) is 44.2 Å². The molecule has 1 aliphatic rings. The van der Waals surface area contributed by atoms with Crippen molar-refractivity contribution in [2.75, 3.05) is 32.1 Å². The molecule has 3 heterocycles. The summed E-state index contributed by atoms with van der Waals surface area (Å²) in [7, 11) is 4.18. The first-order valence-electron chi connectivity index (χ1n) is 8.37. The van der Waals surface area contributed by atoms with Crippen LogP contribution in [0.4, 0.5) is 5.82 Å². The van der Waals surface area contributed by atoms with Crippen LogP contribution < -0.4 is 10.2 Å². The lowest BCUT2D eigenvalue weighted by Crippen LogP contribution is -2.33. The molecule has 1 fully saturated rings. The number of likely N-dealkylation sites (N-methyl/N-ethyl adjacent to an activating group) is 1. The number of oxazole rings is 1. The number of hydrogen-bond acceptors (Lipinski definition) is 7. The van der Waals surface area contributed by atoms with Gasteiger partial charge in [0.25, 0.3) is 5.91 Å². The molecule has 1 saturated heterocycles. The van der Waals surface area contributed by atoms with Crippen molar-refractivity contribution in [3.8, 4) is 0 Å². The lowest BCUT2D eigenvalue weighted by atomic mass is 10.2. The highest BCUT2D eigenvalue weighted by atomic mass is 16.3. The molecule has 0 aliphatic carbocycles. The van der Waals surface area contributed by atoms with Crippen molar-refractivity contribution in [1.29, 1.82) is 0 Å². The summed E-state index contributed by atoms with van der Waals surface area (Å²) < 4.78 is 4.90. The zero-order valence-corrected chi connectivity index (χ0v) is 15.1. The minimum Gasteiger partial charge on any atom is -0.451 e. The molecule has 0 bridgehead atoms. The van der Waals surface area contributed by atoms with Gasteiger partial charge in [0.1, 0.15) is 12.1 Å². The van der Waals surface area contributed by atoms with Crippen molar-refractivity contribution in [2.24, 2.45) is 0 Å². The second kappa shape index (κ2) is 7.18. The van der Waals surface area contributed by atoms with E-state index in [1.807, 2.05) is 13.8 Å².